The van der Waals surface area contributed by atoms with Gasteiger partial charge in [0.25, 0.3) is 0 Å². The van der Waals surface area contributed by atoms with Crippen LogP contribution in [0.25, 0.3) is 33.1 Å². The molecule has 1 aromatic heterocycles. The molecule has 0 unspecified atom stereocenters. The molecular weight excluding hydrogens is 558 g/mol. The van der Waals surface area contributed by atoms with Gasteiger partial charge in [0.2, 0.25) is 0 Å². The van der Waals surface area contributed by atoms with E-state index in [1.807, 2.05) is 56.3 Å². The number of hydrogen-bond donors (Lipinski definition) is 1. The molecule has 2 nitrogen and oxygen atoms in total. The maximum absolute atomic E-state index is 7.10. The van der Waals surface area contributed by atoms with Crippen molar-refractivity contribution in [3.8, 4) is 0 Å². The van der Waals surface area contributed by atoms with Crippen molar-refractivity contribution >= 4 is 39.3 Å². The van der Waals surface area contributed by atoms with Gasteiger partial charge >= 0.3 is 0 Å². The standard InChI is InChI=1S/C15H14O.C13H16.C10H11N.C6H14/c1-9-7-8-13-12-6-4-5-10(2)14(12)16-15(13)11(9)3;1-4-5-8-11(2)13-10-7-6-9-12(13)3;1-2-9(8-11)10-6-4-3-5-7-10;1-4-6(3)5-2/h4-8H,1-3H3;4-10H,1-3H3;2-8,11H,1H3;6H,4-5H2,1-3H3/b;5-4-,11-8+;9-2+,11-8?;. The van der Waals surface area contributed by atoms with Gasteiger partial charge in [-0.25, -0.2) is 0 Å². The average molecular weight is 614 g/mol. The molecule has 1 heterocycles. The molecule has 5 rings (SSSR count). The lowest BCUT2D eigenvalue weighted by Crippen LogP contribution is -1.85. The minimum absolute atomic E-state index is 0.935. The van der Waals surface area contributed by atoms with Gasteiger partial charge in [-0.1, -0.05) is 143 Å². The first-order valence-corrected chi connectivity index (χ1v) is 16.6. The van der Waals surface area contributed by atoms with Crippen LogP contribution in [0.15, 0.2) is 114 Å². The first kappa shape index (κ1) is 37.8. The summed E-state index contributed by atoms with van der Waals surface area (Å²) < 4.78 is 5.99. The summed E-state index contributed by atoms with van der Waals surface area (Å²) in [4.78, 5) is 0. The Hall–Kier alpha value is -4.43. The van der Waals surface area contributed by atoms with Gasteiger partial charge in [-0.15, -0.1) is 0 Å². The van der Waals surface area contributed by atoms with Gasteiger partial charge in [0.1, 0.15) is 11.2 Å². The number of fused-ring (bicyclic) bond motifs is 3. The fourth-order valence-corrected chi connectivity index (χ4v) is 4.83. The molecule has 46 heavy (non-hydrogen) atoms. The van der Waals surface area contributed by atoms with Crippen LogP contribution in [0.3, 0.4) is 0 Å². The molecule has 0 aliphatic carbocycles. The Kier molecular flexibility index (Phi) is 16.3. The maximum Gasteiger partial charge on any atom is 0.138 e. The summed E-state index contributed by atoms with van der Waals surface area (Å²) in [5.41, 5.74) is 11.8. The van der Waals surface area contributed by atoms with E-state index < -0.39 is 0 Å². The fourth-order valence-electron chi connectivity index (χ4n) is 4.83. The first-order chi connectivity index (χ1) is 22.1. The molecule has 4 aromatic carbocycles. The molecule has 0 fully saturated rings. The molecule has 0 spiro atoms. The van der Waals surface area contributed by atoms with Crippen LogP contribution in [-0.4, -0.2) is 6.21 Å². The predicted molar refractivity (Wildman–Crippen MR) is 206 cm³/mol. The molecule has 0 saturated heterocycles. The highest BCUT2D eigenvalue weighted by Crippen LogP contribution is 2.33. The van der Waals surface area contributed by atoms with Crippen molar-refractivity contribution in [2.24, 2.45) is 5.92 Å². The van der Waals surface area contributed by atoms with Crippen molar-refractivity contribution in [3.63, 3.8) is 0 Å². The molecule has 5 aromatic rings. The van der Waals surface area contributed by atoms with Crippen molar-refractivity contribution in [3.05, 3.63) is 143 Å². The second kappa shape index (κ2) is 19.9. The topological polar surface area (TPSA) is 37.0 Å². The summed E-state index contributed by atoms with van der Waals surface area (Å²) in [5.74, 6) is 0.935. The van der Waals surface area contributed by atoms with Gasteiger partial charge in [-0.2, -0.15) is 0 Å². The Morgan fingerprint density at radius 1 is 0.717 bits per heavy atom. The van der Waals surface area contributed by atoms with Crippen LogP contribution in [-0.2, 0) is 0 Å². The Morgan fingerprint density at radius 3 is 1.89 bits per heavy atom. The molecule has 2 heteroatoms. The van der Waals surface area contributed by atoms with Crippen molar-refractivity contribution in [1.29, 1.82) is 5.41 Å². The van der Waals surface area contributed by atoms with E-state index >= 15 is 0 Å². The second-order valence-corrected chi connectivity index (χ2v) is 11.8. The average Bonchev–Trinajstić information content (AvgIpc) is 3.48. The number of furan rings is 1. The summed E-state index contributed by atoms with van der Waals surface area (Å²) >= 11 is 0. The molecule has 0 aliphatic heterocycles. The first-order valence-electron chi connectivity index (χ1n) is 16.6. The molecule has 242 valence electrons. The molecule has 0 aliphatic rings. The number of rotatable bonds is 6. The van der Waals surface area contributed by atoms with Crippen LogP contribution < -0.4 is 0 Å². The molecule has 1 N–H and O–H groups in total. The van der Waals surface area contributed by atoms with E-state index in [9.17, 15) is 0 Å². The summed E-state index contributed by atoms with van der Waals surface area (Å²) in [6.07, 6.45) is 12.2. The Morgan fingerprint density at radius 2 is 1.33 bits per heavy atom. The lowest BCUT2D eigenvalue weighted by Gasteiger charge is -2.04. The summed E-state index contributed by atoms with van der Waals surface area (Å²) in [6, 6.07) is 29.0. The van der Waals surface area contributed by atoms with E-state index in [2.05, 4.69) is 122 Å². The highest BCUT2D eigenvalue weighted by atomic mass is 16.3. The Labute approximate surface area is 279 Å². The third-order valence-electron chi connectivity index (χ3n) is 8.46. The number of para-hydroxylation sites is 1. The third kappa shape index (κ3) is 10.9. The van der Waals surface area contributed by atoms with E-state index in [1.165, 1.54) is 63.2 Å². The molecule has 0 radical (unpaired) electrons. The van der Waals surface area contributed by atoms with Crippen LogP contribution in [0, 0.1) is 39.0 Å². The number of benzene rings is 4. The van der Waals surface area contributed by atoms with Crippen molar-refractivity contribution in [2.45, 2.75) is 82.1 Å². The van der Waals surface area contributed by atoms with Crippen molar-refractivity contribution < 1.29 is 4.42 Å². The van der Waals surface area contributed by atoms with Gasteiger partial charge in [0.05, 0.1) is 0 Å². The second-order valence-electron chi connectivity index (χ2n) is 11.8. The number of allylic oxidation sites excluding steroid dienone is 6. The molecule has 0 saturated carbocycles. The van der Waals surface area contributed by atoms with E-state index in [1.54, 1.807) is 0 Å². The minimum Gasteiger partial charge on any atom is -0.455 e. The summed E-state index contributed by atoms with van der Waals surface area (Å²) in [7, 11) is 0. The van der Waals surface area contributed by atoms with Gasteiger partial charge in [-0.05, 0) is 98.9 Å². The van der Waals surface area contributed by atoms with Crippen LogP contribution >= 0.6 is 0 Å². The van der Waals surface area contributed by atoms with E-state index in [0.29, 0.717) is 0 Å². The predicted octanol–water partition coefficient (Wildman–Crippen LogP) is 13.7. The lowest BCUT2D eigenvalue weighted by atomic mass is 10.0. The normalized spacial score (nSPS) is 11.5. The summed E-state index contributed by atoms with van der Waals surface area (Å²) in [6.45, 7) is 21.3. The SMILES string of the molecule is C/C=C(\C=N)c1ccccc1.C/C=C\C=C(/C)c1ccccc1C.CCC(C)CC.Cc1ccc2c(oc3c(C)cccc32)c1C. The van der Waals surface area contributed by atoms with Crippen LogP contribution in [0.4, 0.5) is 0 Å². The number of hydrogen-bond acceptors (Lipinski definition) is 2. The third-order valence-corrected chi connectivity index (χ3v) is 8.46. The quantitative estimate of drug-likeness (QED) is 0.150. The zero-order valence-electron chi connectivity index (χ0n) is 29.9. The van der Waals surface area contributed by atoms with E-state index in [0.717, 1.165) is 28.2 Å². The molecular formula is C44H55NO. The Bertz CT molecular complexity index is 1740. The zero-order chi connectivity index (χ0) is 34.1. The van der Waals surface area contributed by atoms with Crippen LogP contribution in [0.5, 0.6) is 0 Å². The number of nitrogens with one attached hydrogen (secondary N) is 1. The van der Waals surface area contributed by atoms with Gasteiger partial charge in [-0.3, -0.25) is 0 Å². The fraction of sp³-hybridized carbons (Fsp3) is 0.295. The molecule has 0 amide bonds. The zero-order valence-corrected chi connectivity index (χ0v) is 29.9. The molecule has 0 bridgehead atoms. The van der Waals surface area contributed by atoms with Gasteiger partial charge in [0, 0.05) is 17.0 Å². The van der Waals surface area contributed by atoms with Crippen molar-refractivity contribution in [1.82, 2.24) is 0 Å². The number of aryl methyl sites for hydroxylation is 4. The summed E-state index contributed by atoms with van der Waals surface area (Å²) in [5, 5.41) is 9.55. The minimum atomic E-state index is 0.935. The van der Waals surface area contributed by atoms with Crippen LogP contribution in [0.1, 0.15) is 87.8 Å². The monoisotopic (exact) mass is 613 g/mol. The lowest BCUT2D eigenvalue weighted by molar-refractivity contribution is 0.544. The maximum atomic E-state index is 7.10. The highest BCUT2D eigenvalue weighted by Gasteiger charge is 2.11. The highest BCUT2D eigenvalue weighted by molar-refractivity contribution is 6.08. The Balaban J connectivity index is 0.000000225. The van der Waals surface area contributed by atoms with Crippen molar-refractivity contribution in [2.75, 3.05) is 0 Å². The smallest absolute Gasteiger partial charge is 0.138 e. The van der Waals surface area contributed by atoms with E-state index in [-0.39, 0.29) is 0 Å². The van der Waals surface area contributed by atoms with Gasteiger partial charge in [0.15, 0.2) is 0 Å². The van der Waals surface area contributed by atoms with E-state index in [4.69, 9.17) is 9.83 Å². The van der Waals surface area contributed by atoms with Crippen LogP contribution in [0.2, 0.25) is 0 Å². The van der Waals surface area contributed by atoms with Gasteiger partial charge < -0.3 is 9.83 Å². The largest absolute Gasteiger partial charge is 0.455 e. The molecule has 0 atom stereocenters.